The van der Waals surface area contributed by atoms with Crippen molar-refractivity contribution in [1.29, 1.82) is 5.26 Å². The van der Waals surface area contributed by atoms with Crippen molar-refractivity contribution in [3.05, 3.63) is 94.8 Å². The van der Waals surface area contributed by atoms with Gasteiger partial charge in [-0.2, -0.15) is 9.83 Å². The van der Waals surface area contributed by atoms with Gasteiger partial charge in [-0.15, -0.1) is 0 Å². The molecule has 3 aromatic rings. The Bertz CT molecular complexity index is 947. The Labute approximate surface area is 157 Å². The average Bonchev–Trinajstić information content (AvgIpc) is 2.64. The third-order valence-electron chi connectivity index (χ3n) is 3.91. The fraction of sp³-hybridized carbons (Fsp3) is 0.0952. The van der Waals surface area contributed by atoms with Crippen LogP contribution in [0.5, 0.6) is 0 Å². The molecule has 0 saturated carbocycles. The van der Waals surface area contributed by atoms with E-state index in [0.29, 0.717) is 16.3 Å². The average molecular weight is 363 g/mol. The summed E-state index contributed by atoms with van der Waals surface area (Å²) in [7, 11) is 0. The molecular weight excluding hydrogens is 346 g/mol. The number of hydrogen-bond acceptors (Lipinski definition) is 2. The van der Waals surface area contributed by atoms with Gasteiger partial charge in [0.1, 0.15) is 6.07 Å². The molecule has 0 atom stereocenters. The molecule has 0 unspecified atom stereocenters. The SMILES string of the molecule is N#Cc1ccc(NC(=O)C[n+]2ccc(Cc3ccccc3)cc2)cc1Cl. The molecule has 0 spiro atoms. The normalized spacial score (nSPS) is 10.2. The zero-order valence-electron chi connectivity index (χ0n) is 14.0. The summed E-state index contributed by atoms with van der Waals surface area (Å²) < 4.78 is 1.81. The number of carbonyl (C=O) groups excluding carboxylic acids is 1. The van der Waals surface area contributed by atoms with E-state index in [0.717, 1.165) is 6.42 Å². The number of nitrogens with one attached hydrogen (secondary N) is 1. The number of amides is 1. The fourth-order valence-electron chi connectivity index (χ4n) is 2.59. The van der Waals surface area contributed by atoms with E-state index in [1.54, 1.807) is 18.2 Å². The molecule has 4 nitrogen and oxygen atoms in total. The van der Waals surface area contributed by atoms with Crippen molar-refractivity contribution in [3.63, 3.8) is 0 Å². The van der Waals surface area contributed by atoms with Crippen LogP contribution in [-0.4, -0.2) is 5.91 Å². The lowest BCUT2D eigenvalue weighted by molar-refractivity contribution is -0.684. The van der Waals surface area contributed by atoms with E-state index in [-0.39, 0.29) is 12.5 Å². The van der Waals surface area contributed by atoms with Gasteiger partial charge in [-0.3, -0.25) is 4.79 Å². The first kappa shape index (κ1) is 17.7. The van der Waals surface area contributed by atoms with E-state index in [9.17, 15) is 4.79 Å². The summed E-state index contributed by atoms with van der Waals surface area (Å²) in [6, 6.07) is 21.1. The highest BCUT2D eigenvalue weighted by Gasteiger charge is 2.11. The number of halogens is 1. The molecule has 1 amide bonds. The maximum absolute atomic E-state index is 12.2. The highest BCUT2D eigenvalue weighted by atomic mass is 35.5. The number of pyridine rings is 1. The van der Waals surface area contributed by atoms with E-state index in [4.69, 9.17) is 16.9 Å². The van der Waals surface area contributed by atoms with E-state index < -0.39 is 0 Å². The smallest absolute Gasteiger partial charge is 0.290 e. The molecular formula is C21H17ClN3O+. The van der Waals surface area contributed by atoms with E-state index in [1.165, 1.54) is 11.1 Å². The molecule has 0 aliphatic carbocycles. The number of aromatic nitrogens is 1. The number of anilines is 1. The number of nitriles is 1. The van der Waals surface area contributed by atoms with E-state index >= 15 is 0 Å². The third kappa shape index (κ3) is 4.69. The largest absolute Gasteiger partial charge is 0.321 e. The maximum atomic E-state index is 12.2. The van der Waals surface area contributed by atoms with Crippen LogP contribution in [0.25, 0.3) is 0 Å². The van der Waals surface area contributed by atoms with Gasteiger partial charge in [0.25, 0.3) is 5.91 Å². The first-order valence-corrected chi connectivity index (χ1v) is 8.53. The van der Waals surface area contributed by atoms with Crippen LogP contribution in [0.1, 0.15) is 16.7 Å². The van der Waals surface area contributed by atoms with Gasteiger partial charge < -0.3 is 5.32 Å². The lowest BCUT2D eigenvalue weighted by Gasteiger charge is -2.05. The minimum Gasteiger partial charge on any atom is -0.321 e. The Morgan fingerprint density at radius 2 is 1.73 bits per heavy atom. The number of rotatable bonds is 5. The highest BCUT2D eigenvalue weighted by Crippen LogP contribution is 2.20. The summed E-state index contributed by atoms with van der Waals surface area (Å²) in [5.41, 5.74) is 3.39. The van der Waals surface area contributed by atoms with E-state index in [2.05, 4.69) is 17.4 Å². The summed E-state index contributed by atoms with van der Waals surface area (Å²) in [6.07, 6.45) is 4.64. The van der Waals surface area contributed by atoms with Gasteiger partial charge in [0, 0.05) is 17.8 Å². The van der Waals surface area contributed by atoms with Crippen LogP contribution in [0, 0.1) is 11.3 Å². The van der Waals surface area contributed by atoms with Gasteiger partial charge in [0.2, 0.25) is 6.54 Å². The minimum absolute atomic E-state index is 0.161. The van der Waals surface area contributed by atoms with Gasteiger partial charge in [0.05, 0.1) is 10.6 Å². The van der Waals surface area contributed by atoms with Gasteiger partial charge in [-0.1, -0.05) is 41.9 Å². The molecule has 0 fully saturated rings. The van der Waals surface area contributed by atoms with Crippen molar-refractivity contribution in [3.8, 4) is 6.07 Å². The predicted octanol–water partition coefficient (Wildman–Crippen LogP) is 3.73. The molecule has 1 N–H and O–H groups in total. The maximum Gasteiger partial charge on any atom is 0.290 e. The van der Waals surface area contributed by atoms with Gasteiger partial charge in [-0.05, 0) is 35.7 Å². The van der Waals surface area contributed by atoms with Crippen molar-refractivity contribution < 1.29 is 9.36 Å². The van der Waals surface area contributed by atoms with Gasteiger partial charge >= 0.3 is 0 Å². The Balaban J connectivity index is 1.59. The summed E-state index contributed by atoms with van der Waals surface area (Å²) in [5.74, 6) is -0.161. The molecule has 5 heteroatoms. The van der Waals surface area contributed by atoms with Crippen molar-refractivity contribution in [1.82, 2.24) is 0 Å². The van der Waals surface area contributed by atoms with Crippen molar-refractivity contribution in [2.24, 2.45) is 0 Å². The number of hydrogen-bond donors (Lipinski definition) is 1. The zero-order chi connectivity index (χ0) is 18.4. The van der Waals surface area contributed by atoms with Crippen molar-refractivity contribution in [2.75, 3.05) is 5.32 Å². The third-order valence-corrected chi connectivity index (χ3v) is 4.22. The second-order valence-electron chi connectivity index (χ2n) is 5.90. The number of carbonyl (C=O) groups is 1. The molecule has 0 aliphatic rings. The van der Waals surface area contributed by atoms with E-state index in [1.807, 2.05) is 53.4 Å². The Hall–Kier alpha value is -3.16. The summed E-state index contributed by atoms with van der Waals surface area (Å²) in [6.45, 7) is 0.198. The molecule has 1 heterocycles. The van der Waals surface area contributed by atoms with Crippen LogP contribution in [0.15, 0.2) is 73.1 Å². The highest BCUT2D eigenvalue weighted by molar-refractivity contribution is 6.32. The summed E-state index contributed by atoms with van der Waals surface area (Å²) >= 11 is 5.98. The molecule has 1 aromatic heterocycles. The molecule has 0 bridgehead atoms. The van der Waals surface area contributed by atoms with Gasteiger partial charge in [0.15, 0.2) is 12.4 Å². The number of nitrogens with zero attached hydrogens (tertiary/aromatic N) is 2. The monoisotopic (exact) mass is 362 g/mol. The molecule has 2 aromatic carbocycles. The zero-order valence-corrected chi connectivity index (χ0v) is 14.8. The standard InChI is InChI=1S/C21H16ClN3O/c22-20-13-19(7-6-18(20)14-23)24-21(26)15-25-10-8-17(9-11-25)12-16-4-2-1-3-5-16/h1-11,13H,12,15H2/p+1. The topological polar surface area (TPSA) is 56.8 Å². The fourth-order valence-corrected chi connectivity index (χ4v) is 2.82. The van der Waals surface area contributed by atoms with Crippen LogP contribution < -0.4 is 9.88 Å². The summed E-state index contributed by atoms with van der Waals surface area (Å²) in [4.78, 5) is 12.2. The van der Waals surface area contributed by atoms with Gasteiger partial charge in [-0.25, -0.2) is 0 Å². The predicted molar refractivity (Wildman–Crippen MR) is 101 cm³/mol. The molecule has 128 valence electrons. The lowest BCUT2D eigenvalue weighted by Crippen LogP contribution is -2.39. The summed E-state index contributed by atoms with van der Waals surface area (Å²) in [5, 5.41) is 12.0. The van der Waals surface area contributed by atoms with Crippen LogP contribution in [0.3, 0.4) is 0 Å². The second kappa shape index (κ2) is 8.28. The Kier molecular flexibility index (Phi) is 5.62. The molecule has 3 rings (SSSR count). The first-order chi connectivity index (χ1) is 12.6. The quantitative estimate of drug-likeness (QED) is 0.703. The minimum atomic E-state index is -0.161. The van der Waals surface area contributed by atoms with Crippen LogP contribution in [-0.2, 0) is 17.8 Å². The number of benzene rings is 2. The van der Waals surface area contributed by atoms with Crippen LogP contribution in [0.4, 0.5) is 5.69 Å². The second-order valence-corrected chi connectivity index (χ2v) is 6.30. The first-order valence-electron chi connectivity index (χ1n) is 8.15. The molecule has 0 aliphatic heterocycles. The van der Waals surface area contributed by atoms with Crippen LogP contribution in [0.2, 0.25) is 5.02 Å². The molecule has 26 heavy (non-hydrogen) atoms. The molecule has 0 saturated heterocycles. The van der Waals surface area contributed by atoms with Crippen molar-refractivity contribution >= 4 is 23.2 Å². The lowest BCUT2D eigenvalue weighted by atomic mass is 10.1. The Morgan fingerprint density at radius 1 is 1.04 bits per heavy atom. The Morgan fingerprint density at radius 3 is 2.38 bits per heavy atom. The van der Waals surface area contributed by atoms with Crippen LogP contribution >= 0.6 is 11.6 Å². The van der Waals surface area contributed by atoms with Crippen molar-refractivity contribution in [2.45, 2.75) is 13.0 Å². The molecule has 0 radical (unpaired) electrons.